The second-order valence-corrected chi connectivity index (χ2v) is 6.36. The average molecular weight is 346 g/mol. The second-order valence-electron chi connectivity index (χ2n) is 5.44. The SMILES string of the molecule is CCCNC1CC(c2ccccc2)Oc2cc(Br)ccc21. The van der Waals surface area contributed by atoms with Crippen molar-refractivity contribution in [2.75, 3.05) is 6.54 Å². The van der Waals surface area contributed by atoms with Crippen LogP contribution in [0.5, 0.6) is 5.75 Å². The maximum atomic E-state index is 6.24. The molecule has 2 aromatic rings. The highest BCUT2D eigenvalue weighted by atomic mass is 79.9. The van der Waals surface area contributed by atoms with Gasteiger partial charge in [-0.15, -0.1) is 0 Å². The molecule has 1 heterocycles. The van der Waals surface area contributed by atoms with E-state index in [-0.39, 0.29) is 6.10 Å². The molecule has 2 aromatic carbocycles. The minimum Gasteiger partial charge on any atom is -0.485 e. The van der Waals surface area contributed by atoms with Crippen molar-refractivity contribution in [3.05, 3.63) is 64.1 Å². The van der Waals surface area contributed by atoms with Crippen LogP contribution in [-0.2, 0) is 0 Å². The number of benzene rings is 2. The fourth-order valence-electron chi connectivity index (χ4n) is 2.82. The Kier molecular flexibility index (Phi) is 4.61. The first kappa shape index (κ1) is 14.6. The molecule has 3 heteroatoms. The maximum Gasteiger partial charge on any atom is 0.126 e. The van der Waals surface area contributed by atoms with Gasteiger partial charge in [-0.25, -0.2) is 0 Å². The lowest BCUT2D eigenvalue weighted by Gasteiger charge is -2.33. The predicted octanol–water partition coefficient (Wildman–Crippen LogP) is 5.01. The summed E-state index contributed by atoms with van der Waals surface area (Å²) in [6, 6.07) is 17.2. The lowest BCUT2D eigenvalue weighted by atomic mass is 9.93. The molecule has 0 spiro atoms. The van der Waals surface area contributed by atoms with E-state index >= 15 is 0 Å². The van der Waals surface area contributed by atoms with Crippen molar-refractivity contribution < 1.29 is 4.74 Å². The van der Waals surface area contributed by atoms with Crippen molar-refractivity contribution in [1.82, 2.24) is 5.32 Å². The van der Waals surface area contributed by atoms with Crippen LogP contribution in [0.1, 0.15) is 43.0 Å². The minimum absolute atomic E-state index is 0.113. The van der Waals surface area contributed by atoms with Gasteiger partial charge in [0, 0.05) is 22.5 Å². The van der Waals surface area contributed by atoms with E-state index in [1.165, 1.54) is 11.1 Å². The Morgan fingerprint density at radius 1 is 1.19 bits per heavy atom. The van der Waals surface area contributed by atoms with Gasteiger partial charge in [0.2, 0.25) is 0 Å². The second kappa shape index (κ2) is 6.63. The summed E-state index contributed by atoms with van der Waals surface area (Å²) in [6.07, 6.45) is 2.22. The molecule has 110 valence electrons. The first-order chi connectivity index (χ1) is 10.3. The Balaban J connectivity index is 1.91. The molecule has 3 rings (SSSR count). The Morgan fingerprint density at radius 2 is 2.00 bits per heavy atom. The molecule has 0 saturated carbocycles. The van der Waals surface area contributed by atoms with Crippen LogP contribution < -0.4 is 10.1 Å². The first-order valence-electron chi connectivity index (χ1n) is 7.52. The molecular weight excluding hydrogens is 326 g/mol. The van der Waals surface area contributed by atoms with Crippen LogP contribution >= 0.6 is 15.9 Å². The number of fused-ring (bicyclic) bond motifs is 1. The number of rotatable bonds is 4. The standard InChI is InChI=1S/C18H20BrNO/c1-2-10-20-16-12-17(13-6-4-3-5-7-13)21-18-11-14(19)8-9-15(16)18/h3-9,11,16-17,20H,2,10,12H2,1H3. The quantitative estimate of drug-likeness (QED) is 0.840. The molecule has 2 atom stereocenters. The molecule has 1 aliphatic heterocycles. The van der Waals surface area contributed by atoms with E-state index in [9.17, 15) is 0 Å². The molecule has 1 N–H and O–H groups in total. The first-order valence-corrected chi connectivity index (χ1v) is 8.31. The monoisotopic (exact) mass is 345 g/mol. The van der Waals surface area contributed by atoms with Gasteiger partial charge < -0.3 is 10.1 Å². The highest BCUT2D eigenvalue weighted by Crippen LogP contribution is 2.41. The summed E-state index contributed by atoms with van der Waals surface area (Å²) in [5, 5.41) is 3.65. The molecule has 0 saturated heterocycles. The average Bonchev–Trinajstić information content (AvgIpc) is 2.52. The van der Waals surface area contributed by atoms with Crippen molar-refractivity contribution in [2.24, 2.45) is 0 Å². The van der Waals surface area contributed by atoms with Gasteiger partial charge in [-0.2, -0.15) is 0 Å². The number of hydrogen-bond acceptors (Lipinski definition) is 2. The van der Waals surface area contributed by atoms with Crippen LogP contribution in [0.25, 0.3) is 0 Å². The third kappa shape index (κ3) is 3.30. The van der Waals surface area contributed by atoms with Crippen molar-refractivity contribution in [2.45, 2.75) is 31.9 Å². The van der Waals surface area contributed by atoms with E-state index in [0.29, 0.717) is 6.04 Å². The third-order valence-electron chi connectivity index (χ3n) is 3.88. The van der Waals surface area contributed by atoms with Gasteiger partial charge in [0.25, 0.3) is 0 Å². The van der Waals surface area contributed by atoms with Crippen molar-refractivity contribution in [3.8, 4) is 5.75 Å². The fraction of sp³-hybridized carbons (Fsp3) is 0.333. The highest BCUT2D eigenvalue weighted by Gasteiger charge is 2.28. The van der Waals surface area contributed by atoms with Gasteiger partial charge in [-0.1, -0.05) is 59.3 Å². The summed E-state index contributed by atoms with van der Waals surface area (Å²) in [6.45, 7) is 3.23. The third-order valence-corrected chi connectivity index (χ3v) is 4.38. The van der Waals surface area contributed by atoms with E-state index < -0.39 is 0 Å². The van der Waals surface area contributed by atoms with Crippen LogP contribution in [0.4, 0.5) is 0 Å². The Labute approximate surface area is 134 Å². The number of ether oxygens (including phenoxy) is 1. The zero-order valence-electron chi connectivity index (χ0n) is 12.2. The zero-order chi connectivity index (χ0) is 14.7. The number of halogens is 1. The molecule has 0 radical (unpaired) electrons. The molecule has 1 aliphatic rings. The van der Waals surface area contributed by atoms with Crippen LogP contribution in [0.2, 0.25) is 0 Å². The lowest BCUT2D eigenvalue weighted by molar-refractivity contribution is 0.151. The highest BCUT2D eigenvalue weighted by molar-refractivity contribution is 9.10. The summed E-state index contributed by atoms with van der Waals surface area (Å²) in [5.74, 6) is 0.984. The Hall–Kier alpha value is -1.32. The van der Waals surface area contributed by atoms with Crippen LogP contribution in [0.3, 0.4) is 0 Å². The number of nitrogens with one attached hydrogen (secondary N) is 1. The molecule has 2 unspecified atom stereocenters. The summed E-state index contributed by atoms with van der Waals surface area (Å²) in [4.78, 5) is 0. The lowest BCUT2D eigenvalue weighted by Crippen LogP contribution is -2.29. The summed E-state index contributed by atoms with van der Waals surface area (Å²) in [5.41, 5.74) is 2.50. The zero-order valence-corrected chi connectivity index (χ0v) is 13.8. The van der Waals surface area contributed by atoms with Crippen molar-refractivity contribution in [3.63, 3.8) is 0 Å². The largest absolute Gasteiger partial charge is 0.485 e. The summed E-state index contributed by atoms with van der Waals surface area (Å²) in [7, 11) is 0. The molecular formula is C18H20BrNO. The molecule has 0 fully saturated rings. The molecule has 0 amide bonds. The molecule has 0 bridgehead atoms. The normalized spacial score (nSPS) is 20.7. The van der Waals surface area contributed by atoms with Crippen LogP contribution in [-0.4, -0.2) is 6.54 Å². The molecule has 2 nitrogen and oxygen atoms in total. The van der Waals surface area contributed by atoms with E-state index in [1.807, 2.05) is 6.07 Å². The van der Waals surface area contributed by atoms with Gasteiger partial charge in [0.15, 0.2) is 0 Å². The van der Waals surface area contributed by atoms with E-state index in [2.05, 4.69) is 70.6 Å². The van der Waals surface area contributed by atoms with Crippen molar-refractivity contribution in [1.29, 1.82) is 0 Å². The fourth-order valence-corrected chi connectivity index (χ4v) is 3.16. The Bertz CT molecular complexity index is 599. The van der Waals surface area contributed by atoms with Crippen LogP contribution in [0, 0.1) is 0 Å². The molecule has 0 aromatic heterocycles. The summed E-state index contributed by atoms with van der Waals surface area (Å²) >= 11 is 3.54. The maximum absolute atomic E-state index is 6.24. The molecule has 0 aliphatic carbocycles. The van der Waals surface area contributed by atoms with Gasteiger partial charge in [-0.05, 0) is 30.7 Å². The molecule has 21 heavy (non-hydrogen) atoms. The Morgan fingerprint density at radius 3 is 2.76 bits per heavy atom. The van der Waals surface area contributed by atoms with Gasteiger partial charge in [0.05, 0.1) is 0 Å². The topological polar surface area (TPSA) is 21.3 Å². The number of hydrogen-bond donors (Lipinski definition) is 1. The van der Waals surface area contributed by atoms with Gasteiger partial charge >= 0.3 is 0 Å². The predicted molar refractivity (Wildman–Crippen MR) is 89.6 cm³/mol. The van der Waals surface area contributed by atoms with Gasteiger partial charge in [-0.3, -0.25) is 0 Å². The van der Waals surface area contributed by atoms with E-state index in [4.69, 9.17) is 4.74 Å². The van der Waals surface area contributed by atoms with Crippen LogP contribution in [0.15, 0.2) is 53.0 Å². The summed E-state index contributed by atoms with van der Waals surface area (Å²) < 4.78 is 7.30. The minimum atomic E-state index is 0.113. The van der Waals surface area contributed by atoms with Gasteiger partial charge in [0.1, 0.15) is 11.9 Å². The van der Waals surface area contributed by atoms with E-state index in [1.54, 1.807) is 0 Å². The van der Waals surface area contributed by atoms with Crippen molar-refractivity contribution >= 4 is 15.9 Å². The smallest absolute Gasteiger partial charge is 0.126 e. The van der Waals surface area contributed by atoms with E-state index in [0.717, 1.165) is 29.6 Å².